The van der Waals surface area contributed by atoms with Gasteiger partial charge in [-0.2, -0.15) is 0 Å². The summed E-state index contributed by atoms with van der Waals surface area (Å²) in [6.07, 6.45) is 1.08. The molecule has 150 valence electrons. The lowest BCUT2D eigenvalue weighted by Crippen LogP contribution is -2.34. The van der Waals surface area contributed by atoms with Crippen LogP contribution in [-0.4, -0.2) is 49.8 Å². The van der Waals surface area contributed by atoms with E-state index in [1.165, 1.54) is 0 Å². The van der Waals surface area contributed by atoms with Gasteiger partial charge in [-0.3, -0.25) is 4.90 Å². The molecule has 0 saturated carbocycles. The van der Waals surface area contributed by atoms with Crippen LogP contribution < -0.4 is 14.2 Å². The zero-order chi connectivity index (χ0) is 19.8. The molecule has 0 spiro atoms. The van der Waals surface area contributed by atoms with Crippen LogP contribution in [0.25, 0.3) is 0 Å². The molecule has 1 heterocycles. The van der Waals surface area contributed by atoms with Crippen LogP contribution >= 0.6 is 0 Å². The summed E-state index contributed by atoms with van der Waals surface area (Å²) in [6, 6.07) is 13.9. The Balaban J connectivity index is 1.70. The summed E-state index contributed by atoms with van der Waals surface area (Å²) < 4.78 is 21.6. The molecular weight excluding hydrogens is 358 g/mol. The maximum absolute atomic E-state index is 10.4. The first kappa shape index (κ1) is 20.2. The fourth-order valence-electron chi connectivity index (χ4n) is 3.15. The van der Waals surface area contributed by atoms with E-state index >= 15 is 0 Å². The van der Waals surface area contributed by atoms with Crippen molar-refractivity contribution in [3.8, 4) is 17.2 Å². The molecule has 28 heavy (non-hydrogen) atoms. The van der Waals surface area contributed by atoms with Gasteiger partial charge in [-0.15, -0.1) is 6.58 Å². The summed E-state index contributed by atoms with van der Waals surface area (Å²) in [5.41, 5.74) is 2.20. The normalized spacial score (nSPS) is 13.5. The zero-order valence-electron chi connectivity index (χ0n) is 16.2. The van der Waals surface area contributed by atoms with E-state index in [0.717, 1.165) is 28.4 Å². The van der Waals surface area contributed by atoms with Gasteiger partial charge < -0.3 is 24.1 Å². The standard InChI is InChI=1S/C22H27NO5/c1-3-9-26-15-19(24)14-23(12-17-5-4-6-20(10-17)25-2)13-18-7-8-21-22(11-18)28-16-27-21/h3-8,10-11,19,24H,1,9,12-16H2,2H3. The van der Waals surface area contributed by atoms with E-state index in [-0.39, 0.29) is 13.4 Å². The molecule has 6 heteroatoms. The second kappa shape index (κ2) is 10.1. The van der Waals surface area contributed by atoms with Crippen LogP contribution in [-0.2, 0) is 17.8 Å². The number of hydrogen-bond acceptors (Lipinski definition) is 6. The molecule has 1 atom stereocenters. The van der Waals surface area contributed by atoms with Crippen molar-refractivity contribution in [1.82, 2.24) is 4.90 Å². The van der Waals surface area contributed by atoms with Crippen molar-refractivity contribution in [2.45, 2.75) is 19.2 Å². The second-order valence-corrected chi connectivity index (χ2v) is 6.69. The van der Waals surface area contributed by atoms with E-state index in [4.69, 9.17) is 18.9 Å². The van der Waals surface area contributed by atoms with Crippen LogP contribution in [0.5, 0.6) is 17.2 Å². The number of benzene rings is 2. The number of aliphatic hydroxyl groups is 1. The fraction of sp³-hybridized carbons (Fsp3) is 0.364. The van der Waals surface area contributed by atoms with Crippen LogP contribution in [0, 0.1) is 0 Å². The molecule has 3 rings (SSSR count). The van der Waals surface area contributed by atoms with Gasteiger partial charge in [-0.1, -0.05) is 24.3 Å². The lowest BCUT2D eigenvalue weighted by Gasteiger charge is -2.25. The molecule has 0 aliphatic carbocycles. The van der Waals surface area contributed by atoms with Crippen molar-refractivity contribution < 1.29 is 24.1 Å². The van der Waals surface area contributed by atoms with E-state index in [2.05, 4.69) is 17.5 Å². The van der Waals surface area contributed by atoms with Gasteiger partial charge in [0, 0.05) is 19.6 Å². The number of hydrogen-bond donors (Lipinski definition) is 1. The highest BCUT2D eigenvalue weighted by Gasteiger charge is 2.17. The van der Waals surface area contributed by atoms with E-state index in [1.807, 2.05) is 36.4 Å². The average Bonchev–Trinajstić information content (AvgIpc) is 3.16. The van der Waals surface area contributed by atoms with Gasteiger partial charge in [0.15, 0.2) is 11.5 Å². The minimum absolute atomic E-state index is 0.256. The number of nitrogens with zero attached hydrogens (tertiary/aromatic N) is 1. The highest BCUT2D eigenvalue weighted by molar-refractivity contribution is 5.44. The maximum Gasteiger partial charge on any atom is 0.231 e. The number of methoxy groups -OCH3 is 1. The molecule has 0 bridgehead atoms. The van der Waals surface area contributed by atoms with Crippen LogP contribution in [0.2, 0.25) is 0 Å². The average molecular weight is 385 g/mol. The summed E-state index contributed by atoms with van der Waals surface area (Å²) in [5.74, 6) is 2.34. The Labute approximate surface area is 165 Å². The van der Waals surface area contributed by atoms with Crippen molar-refractivity contribution in [2.24, 2.45) is 0 Å². The smallest absolute Gasteiger partial charge is 0.231 e. The minimum Gasteiger partial charge on any atom is -0.497 e. The molecule has 2 aromatic carbocycles. The lowest BCUT2D eigenvalue weighted by atomic mass is 10.1. The first-order chi connectivity index (χ1) is 13.7. The Bertz CT molecular complexity index is 779. The Morgan fingerprint density at radius 3 is 2.71 bits per heavy atom. The highest BCUT2D eigenvalue weighted by atomic mass is 16.7. The summed E-state index contributed by atoms with van der Waals surface area (Å²) in [4.78, 5) is 2.17. The van der Waals surface area contributed by atoms with Crippen molar-refractivity contribution in [1.29, 1.82) is 0 Å². The SMILES string of the molecule is C=CCOCC(O)CN(Cc1cccc(OC)c1)Cc1ccc2c(c1)OCO2. The molecule has 0 saturated heterocycles. The van der Waals surface area contributed by atoms with Gasteiger partial charge in [0.25, 0.3) is 0 Å². The van der Waals surface area contributed by atoms with Gasteiger partial charge in [-0.05, 0) is 35.4 Å². The second-order valence-electron chi connectivity index (χ2n) is 6.69. The van der Waals surface area contributed by atoms with E-state index < -0.39 is 6.10 Å². The number of aliphatic hydroxyl groups excluding tert-OH is 1. The first-order valence-corrected chi connectivity index (χ1v) is 9.28. The zero-order valence-corrected chi connectivity index (χ0v) is 16.2. The van der Waals surface area contributed by atoms with E-state index in [1.54, 1.807) is 13.2 Å². The van der Waals surface area contributed by atoms with Crippen molar-refractivity contribution in [2.75, 3.05) is 33.7 Å². The van der Waals surface area contributed by atoms with E-state index in [0.29, 0.717) is 26.2 Å². The fourth-order valence-corrected chi connectivity index (χ4v) is 3.15. The third kappa shape index (κ3) is 5.73. The third-order valence-electron chi connectivity index (χ3n) is 4.40. The first-order valence-electron chi connectivity index (χ1n) is 9.28. The molecule has 2 aromatic rings. The Hall–Kier alpha value is -2.54. The molecule has 0 aromatic heterocycles. The summed E-state index contributed by atoms with van der Waals surface area (Å²) in [7, 11) is 1.66. The van der Waals surface area contributed by atoms with Crippen LogP contribution in [0.15, 0.2) is 55.1 Å². The molecule has 1 aliphatic rings. The monoisotopic (exact) mass is 385 g/mol. The largest absolute Gasteiger partial charge is 0.497 e. The molecule has 0 fully saturated rings. The third-order valence-corrected chi connectivity index (χ3v) is 4.40. The molecule has 1 N–H and O–H groups in total. The van der Waals surface area contributed by atoms with Gasteiger partial charge in [-0.25, -0.2) is 0 Å². The Kier molecular flexibility index (Phi) is 7.31. The highest BCUT2D eigenvalue weighted by Crippen LogP contribution is 2.33. The van der Waals surface area contributed by atoms with Crippen LogP contribution in [0.1, 0.15) is 11.1 Å². The quantitative estimate of drug-likeness (QED) is 0.474. The molecule has 0 amide bonds. The topological polar surface area (TPSA) is 60.4 Å². The number of fused-ring (bicyclic) bond motifs is 1. The van der Waals surface area contributed by atoms with Gasteiger partial charge in [0.2, 0.25) is 6.79 Å². The van der Waals surface area contributed by atoms with Crippen molar-refractivity contribution in [3.05, 3.63) is 66.2 Å². The predicted octanol–water partition coefficient (Wildman–Crippen LogP) is 2.99. The van der Waals surface area contributed by atoms with Crippen molar-refractivity contribution >= 4 is 0 Å². The Morgan fingerprint density at radius 2 is 1.93 bits per heavy atom. The van der Waals surface area contributed by atoms with Gasteiger partial charge >= 0.3 is 0 Å². The van der Waals surface area contributed by atoms with Crippen LogP contribution in [0.4, 0.5) is 0 Å². The van der Waals surface area contributed by atoms with Crippen LogP contribution in [0.3, 0.4) is 0 Å². The molecule has 6 nitrogen and oxygen atoms in total. The van der Waals surface area contributed by atoms with E-state index in [9.17, 15) is 5.11 Å². The predicted molar refractivity (Wildman–Crippen MR) is 107 cm³/mol. The summed E-state index contributed by atoms with van der Waals surface area (Å²) >= 11 is 0. The molecular formula is C22H27NO5. The number of ether oxygens (including phenoxy) is 4. The van der Waals surface area contributed by atoms with Gasteiger partial charge in [0.05, 0.1) is 26.4 Å². The van der Waals surface area contributed by atoms with Crippen molar-refractivity contribution in [3.63, 3.8) is 0 Å². The number of rotatable bonds is 11. The molecule has 0 radical (unpaired) electrons. The molecule has 1 unspecified atom stereocenters. The Morgan fingerprint density at radius 1 is 1.14 bits per heavy atom. The molecule has 1 aliphatic heterocycles. The minimum atomic E-state index is -0.598. The summed E-state index contributed by atoms with van der Waals surface area (Å²) in [6.45, 7) is 6.38. The maximum atomic E-state index is 10.4. The summed E-state index contributed by atoms with van der Waals surface area (Å²) in [5, 5.41) is 10.4. The lowest BCUT2D eigenvalue weighted by molar-refractivity contribution is 0.0228. The van der Waals surface area contributed by atoms with Gasteiger partial charge in [0.1, 0.15) is 5.75 Å².